The van der Waals surface area contributed by atoms with Crippen molar-refractivity contribution in [1.82, 2.24) is 0 Å². The van der Waals surface area contributed by atoms with Gasteiger partial charge in [-0.05, 0) is 18.2 Å². The highest BCUT2D eigenvalue weighted by Crippen LogP contribution is 2.27. The maximum absolute atomic E-state index is 10.9. The van der Waals surface area contributed by atoms with Crippen LogP contribution in [0, 0.1) is 0 Å². The molecular formula is C9H6O4. The van der Waals surface area contributed by atoms with E-state index < -0.39 is 11.8 Å². The van der Waals surface area contributed by atoms with Gasteiger partial charge in [0.2, 0.25) is 5.78 Å². The Bertz CT molecular complexity index is 395. The van der Waals surface area contributed by atoms with Gasteiger partial charge in [0.15, 0.2) is 0 Å². The molecule has 2 rings (SSSR count). The zero-order valence-electron chi connectivity index (χ0n) is 6.61. The zero-order valence-corrected chi connectivity index (χ0v) is 6.61. The number of aromatic hydroxyl groups is 1. The summed E-state index contributed by atoms with van der Waals surface area (Å²) in [6.45, 7) is 0. The average Bonchev–Trinajstić information content (AvgIpc) is 2.08. The number of esters is 1. The Morgan fingerprint density at radius 1 is 1.31 bits per heavy atom. The van der Waals surface area contributed by atoms with E-state index in [1.165, 1.54) is 18.2 Å². The van der Waals surface area contributed by atoms with Gasteiger partial charge in [-0.1, -0.05) is 0 Å². The van der Waals surface area contributed by atoms with E-state index >= 15 is 0 Å². The summed E-state index contributed by atoms with van der Waals surface area (Å²) in [5.74, 6) is -1.01. The second-order valence-electron chi connectivity index (χ2n) is 2.78. The third kappa shape index (κ3) is 1.26. The number of fused-ring (bicyclic) bond motifs is 1. The van der Waals surface area contributed by atoms with Crippen LogP contribution in [-0.4, -0.2) is 16.9 Å². The van der Waals surface area contributed by atoms with Crippen LogP contribution < -0.4 is 4.74 Å². The van der Waals surface area contributed by atoms with Gasteiger partial charge in [-0.15, -0.1) is 0 Å². The average molecular weight is 178 g/mol. The molecule has 0 bridgehead atoms. The Labute approximate surface area is 73.8 Å². The molecule has 0 saturated heterocycles. The summed E-state index contributed by atoms with van der Waals surface area (Å²) < 4.78 is 4.70. The number of benzene rings is 1. The minimum absolute atomic E-state index is 0.00255. The largest absolute Gasteiger partial charge is 0.508 e. The van der Waals surface area contributed by atoms with E-state index in [4.69, 9.17) is 9.84 Å². The molecule has 1 N–H and O–H groups in total. The molecule has 66 valence electrons. The predicted octanol–water partition coefficient (Wildman–Crippen LogP) is 0.423. The van der Waals surface area contributed by atoms with Crippen LogP contribution in [0.4, 0.5) is 0 Å². The van der Waals surface area contributed by atoms with Gasteiger partial charge < -0.3 is 9.84 Å². The third-order valence-corrected chi connectivity index (χ3v) is 1.83. The van der Waals surface area contributed by atoms with Crippen molar-refractivity contribution < 1.29 is 19.4 Å². The van der Waals surface area contributed by atoms with E-state index in [2.05, 4.69) is 0 Å². The second-order valence-corrected chi connectivity index (χ2v) is 2.78. The molecule has 13 heavy (non-hydrogen) atoms. The van der Waals surface area contributed by atoms with Crippen molar-refractivity contribution in [3.05, 3.63) is 23.8 Å². The van der Waals surface area contributed by atoms with E-state index in [1.807, 2.05) is 0 Å². The van der Waals surface area contributed by atoms with Gasteiger partial charge >= 0.3 is 5.97 Å². The number of carbonyl (C=O) groups is 2. The molecule has 0 radical (unpaired) electrons. The Morgan fingerprint density at radius 3 is 2.85 bits per heavy atom. The van der Waals surface area contributed by atoms with Crippen LogP contribution in [0.2, 0.25) is 0 Å². The molecule has 0 aliphatic carbocycles. The first kappa shape index (κ1) is 7.79. The first-order chi connectivity index (χ1) is 6.16. The van der Waals surface area contributed by atoms with E-state index in [9.17, 15) is 9.59 Å². The lowest BCUT2D eigenvalue weighted by molar-refractivity contribution is -0.147. The summed E-state index contributed by atoms with van der Waals surface area (Å²) in [6.07, 6.45) is 0.00255. The Kier molecular flexibility index (Phi) is 1.55. The maximum atomic E-state index is 10.9. The van der Waals surface area contributed by atoms with Crippen LogP contribution in [0.15, 0.2) is 18.2 Å². The lowest BCUT2D eigenvalue weighted by atomic mass is 10.1. The molecule has 0 atom stereocenters. The van der Waals surface area contributed by atoms with Gasteiger partial charge in [0, 0.05) is 12.0 Å². The molecule has 0 unspecified atom stereocenters. The summed E-state index contributed by atoms with van der Waals surface area (Å²) in [5, 5.41) is 9.09. The number of hydrogen-bond donors (Lipinski definition) is 1. The number of carbonyl (C=O) groups excluding carboxylic acids is 2. The summed E-state index contributed by atoms with van der Waals surface area (Å²) >= 11 is 0. The smallest absolute Gasteiger partial charge is 0.380 e. The van der Waals surface area contributed by atoms with Crippen LogP contribution >= 0.6 is 0 Å². The molecule has 0 spiro atoms. The van der Waals surface area contributed by atoms with Gasteiger partial charge in [-0.3, -0.25) is 4.79 Å². The molecular weight excluding hydrogens is 172 g/mol. The minimum atomic E-state index is -0.835. The Hall–Kier alpha value is -1.84. The van der Waals surface area contributed by atoms with E-state index in [0.29, 0.717) is 11.3 Å². The lowest BCUT2D eigenvalue weighted by Gasteiger charge is -2.13. The van der Waals surface area contributed by atoms with Crippen molar-refractivity contribution in [2.24, 2.45) is 0 Å². The molecule has 1 aromatic rings. The molecule has 1 aliphatic heterocycles. The predicted molar refractivity (Wildman–Crippen MR) is 42.5 cm³/mol. The quantitative estimate of drug-likeness (QED) is 0.355. The zero-order chi connectivity index (χ0) is 9.42. The standard InChI is InChI=1S/C9H6O4/c10-6-1-2-8-5(3-6)4-7(11)9(12)13-8/h1-3,10H,4H2. The number of phenolic OH excluding ortho intramolecular Hbond substituents is 1. The minimum Gasteiger partial charge on any atom is -0.508 e. The number of Topliss-reactive ketones (excluding diaryl/α,β-unsaturated/α-hetero) is 1. The van der Waals surface area contributed by atoms with E-state index in [1.54, 1.807) is 0 Å². The van der Waals surface area contributed by atoms with Crippen LogP contribution in [0.5, 0.6) is 11.5 Å². The van der Waals surface area contributed by atoms with Crippen molar-refractivity contribution in [3.8, 4) is 11.5 Å². The molecule has 4 heteroatoms. The fourth-order valence-corrected chi connectivity index (χ4v) is 1.21. The monoisotopic (exact) mass is 178 g/mol. The molecule has 0 aromatic heterocycles. The molecule has 1 aromatic carbocycles. The maximum Gasteiger partial charge on any atom is 0.380 e. The molecule has 1 aliphatic rings. The fraction of sp³-hybridized carbons (Fsp3) is 0.111. The highest BCUT2D eigenvalue weighted by Gasteiger charge is 2.25. The van der Waals surface area contributed by atoms with Gasteiger partial charge in [0.25, 0.3) is 0 Å². The second kappa shape index (κ2) is 2.58. The highest BCUT2D eigenvalue weighted by molar-refractivity contribution is 6.35. The number of hydrogen-bond acceptors (Lipinski definition) is 4. The number of ether oxygens (including phenoxy) is 1. The highest BCUT2D eigenvalue weighted by atomic mass is 16.5. The van der Waals surface area contributed by atoms with Crippen molar-refractivity contribution in [2.75, 3.05) is 0 Å². The number of rotatable bonds is 0. The van der Waals surface area contributed by atoms with Crippen molar-refractivity contribution in [2.45, 2.75) is 6.42 Å². The Morgan fingerprint density at radius 2 is 2.08 bits per heavy atom. The van der Waals surface area contributed by atoms with E-state index in [0.717, 1.165) is 0 Å². The molecule has 4 nitrogen and oxygen atoms in total. The summed E-state index contributed by atoms with van der Waals surface area (Å²) in [7, 11) is 0. The van der Waals surface area contributed by atoms with Gasteiger partial charge in [0.05, 0.1) is 0 Å². The number of phenols is 1. The molecule has 0 fully saturated rings. The van der Waals surface area contributed by atoms with Crippen LogP contribution in [0.3, 0.4) is 0 Å². The van der Waals surface area contributed by atoms with Crippen LogP contribution in [-0.2, 0) is 16.0 Å². The van der Waals surface area contributed by atoms with Gasteiger partial charge in [-0.2, -0.15) is 0 Å². The summed E-state index contributed by atoms with van der Waals surface area (Å²) in [5.41, 5.74) is 0.546. The third-order valence-electron chi connectivity index (χ3n) is 1.83. The van der Waals surface area contributed by atoms with Crippen LogP contribution in [0.25, 0.3) is 0 Å². The normalized spacial score (nSPS) is 15.1. The van der Waals surface area contributed by atoms with Crippen LogP contribution in [0.1, 0.15) is 5.56 Å². The molecule has 1 heterocycles. The molecule has 0 saturated carbocycles. The number of ketones is 1. The Balaban J connectivity index is 2.48. The van der Waals surface area contributed by atoms with Crippen molar-refractivity contribution in [1.29, 1.82) is 0 Å². The lowest BCUT2D eigenvalue weighted by Crippen LogP contribution is -2.27. The topological polar surface area (TPSA) is 63.6 Å². The first-order valence-electron chi connectivity index (χ1n) is 3.74. The molecule has 0 amide bonds. The van der Waals surface area contributed by atoms with Gasteiger partial charge in [0.1, 0.15) is 11.5 Å². The van der Waals surface area contributed by atoms with E-state index in [-0.39, 0.29) is 12.2 Å². The summed E-state index contributed by atoms with van der Waals surface area (Å²) in [6, 6.07) is 4.29. The SMILES string of the molecule is O=C1Cc2cc(O)ccc2OC1=O. The van der Waals surface area contributed by atoms with Crippen molar-refractivity contribution >= 4 is 11.8 Å². The van der Waals surface area contributed by atoms with Crippen molar-refractivity contribution in [3.63, 3.8) is 0 Å². The fourth-order valence-electron chi connectivity index (χ4n) is 1.21. The first-order valence-corrected chi connectivity index (χ1v) is 3.74. The summed E-state index contributed by atoms with van der Waals surface area (Å²) in [4.78, 5) is 21.7. The van der Waals surface area contributed by atoms with Gasteiger partial charge in [-0.25, -0.2) is 4.79 Å².